The first-order valence-corrected chi connectivity index (χ1v) is 11.9. The zero-order valence-electron chi connectivity index (χ0n) is 19.6. The summed E-state index contributed by atoms with van der Waals surface area (Å²) in [4.78, 5) is 24.5. The summed E-state index contributed by atoms with van der Waals surface area (Å²) in [5, 5.41) is 0. The van der Waals surface area contributed by atoms with Crippen LogP contribution in [0, 0.1) is 28.6 Å². The van der Waals surface area contributed by atoms with Crippen LogP contribution in [0.15, 0.2) is 23.8 Å². The summed E-state index contributed by atoms with van der Waals surface area (Å²) >= 11 is 0. The molecule has 0 radical (unpaired) electrons. The van der Waals surface area contributed by atoms with Crippen LogP contribution in [0.2, 0.25) is 0 Å². The lowest BCUT2D eigenvalue weighted by atomic mass is 9.47. The van der Waals surface area contributed by atoms with Gasteiger partial charge in [-0.2, -0.15) is 0 Å². The van der Waals surface area contributed by atoms with Gasteiger partial charge in [-0.1, -0.05) is 19.4 Å². The first-order valence-electron chi connectivity index (χ1n) is 11.9. The molecular formula is C26H40NO3+. The number of nitrogens with zero attached hydrogens (tertiary/aromatic N) is 1. The van der Waals surface area contributed by atoms with Crippen LogP contribution in [-0.2, 0) is 14.3 Å². The van der Waals surface area contributed by atoms with Crippen LogP contribution < -0.4 is 0 Å². The van der Waals surface area contributed by atoms with Crippen LogP contribution in [0.5, 0.6) is 0 Å². The fourth-order valence-electron chi connectivity index (χ4n) is 7.35. The minimum atomic E-state index is -0.177. The van der Waals surface area contributed by atoms with Crippen molar-refractivity contribution < 1.29 is 18.8 Å². The molecule has 0 spiro atoms. The number of ether oxygens (including phenoxy) is 1. The second-order valence-electron chi connectivity index (χ2n) is 11.9. The van der Waals surface area contributed by atoms with Gasteiger partial charge in [0, 0.05) is 17.9 Å². The van der Waals surface area contributed by atoms with Crippen molar-refractivity contribution in [2.75, 3.05) is 27.7 Å². The Morgan fingerprint density at radius 1 is 1.10 bits per heavy atom. The van der Waals surface area contributed by atoms with E-state index >= 15 is 0 Å². The minimum absolute atomic E-state index is 0.0439. The summed E-state index contributed by atoms with van der Waals surface area (Å²) in [6, 6.07) is 0. The number of likely N-dealkylation sites (N-methyl/N-ethyl adjacent to an activating group) is 1. The van der Waals surface area contributed by atoms with E-state index in [4.69, 9.17) is 4.74 Å². The lowest BCUT2D eigenvalue weighted by Crippen LogP contribution is -2.51. The van der Waals surface area contributed by atoms with Gasteiger partial charge in [-0.15, -0.1) is 0 Å². The molecule has 0 bridgehead atoms. The summed E-state index contributed by atoms with van der Waals surface area (Å²) in [6.45, 7) is 5.63. The van der Waals surface area contributed by atoms with Gasteiger partial charge in [-0.05, 0) is 80.3 Å². The molecule has 3 fully saturated rings. The maximum Gasteiger partial charge on any atom is 0.330 e. The first-order chi connectivity index (χ1) is 14.0. The quantitative estimate of drug-likeness (QED) is 0.381. The maximum atomic E-state index is 12.5. The first kappa shape index (κ1) is 21.8. The highest BCUT2D eigenvalue weighted by Crippen LogP contribution is 2.65. The molecular weight excluding hydrogens is 374 g/mol. The van der Waals surface area contributed by atoms with E-state index in [-0.39, 0.29) is 22.9 Å². The van der Waals surface area contributed by atoms with Crippen LogP contribution in [-0.4, -0.2) is 50.0 Å². The molecule has 3 saturated carbocycles. The number of hydrogen-bond acceptors (Lipinski definition) is 3. The Kier molecular flexibility index (Phi) is 5.53. The fraction of sp³-hybridized carbons (Fsp3) is 0.769. The van der Waals surface area contributed by atoms with Crippen molar-refractivity contribution in [1.82, 2.24) is 0 Å². The highest BCUT2D eigenvalue weighted by Gasteiger charge is 2.59. The van der Waals surface area contributed by atoms with Crippen molar-refractivity contribution in [2.45, 2.75) is 71.3 Å². The number of hydrogen-bond donors (Lipinski definition) is 0. The highest BCUT2D eigenvalue weighted by molar-refractivity contribution is 5.91. The summed E-state index contributed by atoms with van der Waals surface area (Å²) in [5.74, 6) is 2.18. The Morgan fingerprint density at radius 3 is 2.60 bits per heavy atom. The smallest absolute Gasteiger partial charge is 0.330 e. The second-order valence-corrected chi connectivity index (χ2v) is 11.9. The monoisotopic (exact) mass is 414 g/mol. The standard InChI is InChI=1S/C26H40NO3/c1-25-14-12-19(28)17-18(25)8-9-20-21-10-11-23(26(21,2)15-13-22(20)25)30-24(29)7-6-16-27(3,4)5/h6-7,17,20-23H,8-16H2,1-5H3/q+1/b7-6+/t20-,21-,22-,23-,25-,26-/m0/s1. The van der Waals surface area contributed by atoms with E-state index in [9.17, 15) is 9.59 Å². The van der Waals surface area contributed by atoms with Crippen molar-refractivity contribution in [3.8, 4) is 0 Å². The fourth-order valence-corrected chi connectivity index (χ4v) is 7.35. The maximum absolute atomic E-state index is 12.5. The van der Waals surface area contributed by atoms with E-state index in [2.05, 4.69) is 35.0 Å². The number of rotatable bonds is 4. The molecule has 0 aromatic carbocycles. The average molecular weight is 415 g/mol. The third kappa shape index (κ3) is 3.81. The Balaban J connectivity index is 1.46. The molecule has 0 aliphatic heterocycles. The number of carbonyl (C=O) groups is 2. The number of ketones is 1. The molecule has 4 nitrogen and oxygen atoms in total. The van der Waals surface area contributed by atoms with Crippen LogP contribution in [0.3, 0.4) is 0 Å². The molecule has 166 valence electrons. The van der Waals surface area contributed by atoms with Crippen molar-refractivity contribution in [2.24, 2.45) is 28.6 Å². The van der Waals surface area contributed by atoms with Crippen LogP contribution in [0.1, 0.15) is 65.2 Å². The number of carbonyl (C=O) groups excluding carboxylic acids is 2. The van der Waals surface area contributed by atoms with Gasteiger partial charge < -0.3 is 9.22 Å². The minimum Gasteiger partial charge on any atom is -0.459 e. The predicted molar refractivity (Wildman–Crippen MR) is 119 cm³/mol. The van der Waals surface area contributed by atoms with Crippen molar-refractivity contribution in [3.63, 3.8) is 0 Å². The number of allylic oxidation sites excluding steroid dienone is 1. The molecule has 0 saturated heterocycles. The normalized spacial score (nSPS) is 41.1. The lowest BCUT2D eigenvalue weighted by Gasteiger charge is -2.57. The van der Waals surface area contributed by atoms with Crippen LogP contribution in [0.25, 0.3) is 0 Å². The lowest BCUT2D eigenvalue weighted by molar-refractivity contribution is -0.864. The third-order valence-electron chi connectivity index (χ3n) is 9.04. The molecule has 0 amide bonds. The SMILES string of the molecule is C[C@]12CC[C@H]3[C@@H](CCC4=CC(=O)CC[C@@]43C)[C@@H]1CC[C@@H]2OC(=O)/C=C/C[N+](C)(C)C. The van der Waals surface area contributed by atoms with E-state index in [1.165, 1.54) is 24.8 Å². The number of esters is 1. The van der Waals surface area contributed by atoms with Gasteiger partial charge in [0.05, 0.1) is 27.7 Å². The van der Waals surface area contributed by atoms with Gasteiger partial charge in [0.15, 0.2) is 5.78 Å². The molecule has 0 aromatic heterocycles. The van der Waals surface area contributed by atoms with Crippen LogP contribution in [0.4, 0.5) is 0 Å². The number of fused-ring (bicyclic) bond motifs is 5. The van der Waals surface area contributed by atoms with Crippen molar-refractivity contribution in [1.29, 1.82) is 0 Å². The second kappa shape index (κ2) is 7.62. The van der Waals surface area contributed by atoms with Gasteiger partial charge in [0.2, 0.25) is 0 Å². The van der Waals surface area contributed by atoms with Crippen LogP contribution >= 0.6 is 0 Å². The molecule has 4 heteroatoms. The summed E-state index contributed by atoms with van der Waals surface area (Å²) < 4.78 is 6.84. The molecule has 0 N–H and O–H groups in total. The van der Waals surface area contributed by atoms with Gasteiger partial charge in [0.1, 0.15) is 6.10 Å². The average Bonchev–Trinajstić information content (AvgIpc) is 2.98. The molecule has 30 heavy (non-hydrogen) atoms. The van der Waals surface area contributed by atoms with Gasteiger partial charge in [0.25, 0.3) is 0 Å². The zero-order valence-corrected chi connectivity index (χ0v) is 19.6. The predicted octanol–water partition coefficient (Wildman–Crippen LogP) is 4.69. The van der Waals surface area contributed by atoms with Gasteiger partial charge in [-0.25, -0.2) is 4.79 Å². The highest BCUT2D eigenvalue weighted by atomic mass is 16.5. The molecule has 4 aliphatic rings. The molecule has 0 aromatic rings. The van der Waals surface area contributed by atoms with Crippen molar-refractivity contribution >= 4 is 11.8 Å². The van der Waals surface area contributed by atoms with E-state index in [1.807, 2.05) is 12.2 Å². The molecule has 0 unspecified atom stereocenters. The zero-order chi connectivity index (χ0) is 21.7. The summed E-state index contributed by atoms with van der Waals surface area (Å²) in [6.07, 6.45) is 14.1. The van der Waals surface area contributed by atoms with Gasteiger partial charge in [-0.3, -0.25) is 4.79 Å². The Morgan fingerprint density at radius 2 is 1.87 bits per heavy atom. The largest absolute Gasteiger partial charge is 0.459 e. The van der Waals surface area contributed by atoms with E-state index in [0.717, 1.165) is 36.7 Å². The topological polar surface area (TPSA) is 43.4 Å². The number of quaternary nitrogens is 1. The summed E-state index contributed by atoms with van der Waals surface area (Å²) in [5.41, 5.74) is 1.74. The molecule has 4 rings (SSSR count). The molecule has 4 aliphatic carbocycles. The Bertz CT molecular complexity index is 776. The van der Waals surface area contributed by atoms with Crippen molar-refractivity contribution in [3.05, 3.63) is 23.8 Å². The third-order valence-corrected chi connectivity index (χ3v) is 9.04. The molecule has 0 heterocycles. The van der Waals surface area contributed by atoms with E-state index in [0.29, 0.717) is 30.0 Å². The van der Waals surface area contributed by atoms with E-state index in [1.54, 1.807) is 6.08 Å². The Labute approximate surface area is 182 Å². The van der Waals surface area contributed by atoms with E-state index < -0.39 is 0 Å². The summed E-state index contributed by atoms with van der Waals surface area (Å²) in [7, 11) is 6.35. The molecule has 6 atom stereocenters. The Hall–Kier alpha value is -1.42. The van der Waals surface area contributed by atoms with Gasteiger partial charge >= 0.3 is 5.97 Å².